The lowest BCUT2D eigenvalue weighted by Gasteiger charge is -2.26. The average Bonchev–Trinajstić information content (AvgIpc) is 2.96. The highest BCUT2D eigenvalue weighted by Gasteiger charge is 2.36. The Balaban J connectivity index is 1.28. The van der Waals surface area contributed by atoms with Crippen molar-refractivity contribution in [2.75, 3.05) is 4.90 Å². The molecule has 0 aliphatic carbocycles. The fourth-order valence-electron chi connectivity index (χ4n) is 4.02. The summed E-state index contributed by atoms with van der Waals surface area (Å²) in [5, 5.41) is 3.50. The van der Waals surface area contributed by atoms with Gasteiger partial charge >= 0.3 is 6.03 Å². The minimum Gasteiger partial charge on any atom is -0.489 e. The van der Waals surface area contributed by atoms with Crippen LogP contribution < -0.4 is 19.7 Å². The Morgan fingerprint density at radius 2 is 1.52 bits per heavy atom. The van der Waals surface area contributed by atoms with E-state index in [9.17, 15) is 14.4 Å². The zero-order valence-corrected chi connectivity index (χ0v) is 25.4. The van der Waals surface area contributed by atoms with Gasteiger partial charge < -0.3 is 9.47 Å². The monoisotopic (exact) mass is 684 g/mol. The average molecular weight is 687 g/mol. The lowest BCUT2D eigenvalue weighted by Crippen LogP contribution is -2.54. The summed E-state index contributed by atoms with van der Waals surface area (Å²) < 4.78 is 12.5. The maximum Gasteiger partial charge on any atom is 0.335 e. The topological polar surface area (TPSA) is 84.9 Å². The largest absolute Gasteiger partial charge is 0.489 e. The number of nitrogens with zero attached hydrogens (tertiary/aromatic N) is 1. The first-order valence-electron chi connectivity index (χ1n) is 12.4. The van der Waals surface area contributed by atoms with E-state index < -0.39 is 17.8 Å². The normalized spacial score (nSPS) is 14.2. The number of amides is 4. The summed E-state index contributed by atoms with van der Waals surface area (Å²) in [4.78, 5) is 39.4. The number of ether oxygens (including phenoxy) is 2. The summed E-state index contributed by atoms with van der Waals surface area (Å²) in [6, 6.07) is 23.1. The number of urea groups is 1. The van der Waals surface area contributed by atoms with Crippen LogP contribution in [0.4, 0.5) is 10.5 Å². The van der Waals surface area contributed by atoms with Gasteiger partial charge in [0.2, 0.25) is 0 Å². The molecule has 1 heterocycles. The van der Waals surface area contributed by atoms with Crippen LogP contribution in [-0.4, -0.2) is 17.8 Å². The molecule has 4 amide bonds. The van der Waals surface area contributed by atoms with E-state index in [0.29, 0.717) is 38.7 Å². The van der Waals surface area contributed by atoms with Gasteiger partial charge in [-0.1, -0.05) is 75.0 Å². The van der Waals surface area contributed by atoms with Gasteiger partial charge in [-0.2, -0.15) is 0 Å². The summed E-state index contributed by atoms with van der Waals surface area (Å²) >= 11 is 21.9. The molecule has 4 aromatic carbocycles. The molecule has 1 aliphatic rings. The number of rotatable bonds is 8. The molecule has 0 unspecified atom stereocenters. The molecule has 42 heavy (non-hydrogen) atoms. The molecule has 4 aromatic rings. The smallest absolute Gasteiger partial charge is 0.335 e. The van der Waals surface area contributed by atoms with Crippen LogP contribution in [0.25, 0.3) is 6.08 Å². The Labute approximate surface area is 264 Å². The van der Waals surface area contributed by atoms with E-state index in [-0.39, 0.29) is 17.9 Å². The molecule has 0 saturated carbocycles. The molecule has 0 atom stereocenters. The van der Waals surface area contributed by atoms with Crippen molar-refractivity contribution >= 4 is 80.3 Å². The van der Waals surface area contributed by atoms with Gasteiger partial charge in [-0.05, 0) is 77.9 Å². The van der Waals surface area contributed by atoms with Crippen molar-refractivity contribution in [3.05, 3.63) is 127 Å². The van der Waals surface area contributed by atoms with Crippen LogP contribution in [-0.2, 0) is 22.8 Å². The van der Waals surface area contributed by atoms with Gasteiger partial charge in [-0.3, -0.25) is 14.9 Å². The van der Waals surface area contributed by atoms with Crippen LogP contribution in [0.1, 0.15) is 16.7 Å². The number of imide groups is 2. The number of benzene rings is 4. The SMILES string of the molecule is O=C1NC(=O)N(c2ccc(OCc3ccc(Cl)cc3Cl)cc2)C(=O)/C1=C/c1ccc(OCc2ccc(Br)cc2)c(Cl)c1. The first kappa shape index (κ1) is 29.7. The molecule has 0 spiro atoms. The highest BCUT2D eigenvalue weighted by Crippen LogP contribution is 2.30. The minimum atomic E-state index is -0.863. The molecule has 0 radical (unpaired) electrons. The Morgan fingerprint density at radius 3 is 2.21 bits per heavy atom. The third kappa shape index (κ3) is 6.97. The predicted molar refractivity (Wildman–Crippen MR) is 166 cm³/mol. The quantitative estimate of drug-likeness (QED) is 0.149. The number of halogens is 4. The number of carbonyl (C=O) groups is 3. The summed E-state index contributed by atoms with van der Waals surface area (Å²) in [5.74, 6) is -0.665. The van der Waals surface area contributed by atoms with Crippen LogP contribution >= 0.6 is 50.7 Å². The van der Waals surface area contributed by atoms with E-state index in [2.05, 4.69) is 21.2 Å². The molecule has 1 saturated heterocycles. The molecular formula is C31H20BrCl3N2O5. The van der Waals surface area contributed by atoms with Gasteiger partial charge in [0.25, 0.3) is 11.8 Å². The Kier molecular flexibility index (Phi) is 9.18. The Bertz CT molecular complexity index is 1710. The van der Waals surface area contributed by atoms with Crippen molar-refractivity contribution in [1.82, 2.24) is 5.32 Å². The molecule has 11 heteroatoms. The highest BCUT2D eigenvalue weighted by molar-refractivity contribution is 9.10. The number of hydrogen-bond acceptors (Lipinski definition) is 5. The van der Waals surface area contributed by atoms with Crippen LogP contribution in [0.2, 0.25) is 15.1 Å². The van der Waals surface area contributed by atoms with Gasteiger partial charge in [-0.25, -0.2) is 9.69 Å². The first-order chi connectivity index (χ1) is 20.2. The van der Waals surface area contributed by atoms with E-state index in [4.69, 9.17) is 44.3 Å². The lowest BCUT2D eigenvalue weighted by molar-refractivity contribution is -0.122. The zero-order valence-electron chi connectivity index (χ0n) is 21.6. The maximum atomic E-state index is 13.3. The van der Waals surface area contributed by atoms with Crippen molar-refractivity contribution in [3.8, 4) is 11.5 Å². The van der Waals surface area contributed by atoms with Crippen molar-refractivity contribution in [2.45, 2.75) is 13.2 Å². The second kappa shape index (κ2) is 13.0. The highest BCUT2D eigenvalue weighted by atomic mass is 79.9. The molecule has 212 valence electrons. The van der Waals surface area contributed by atoms with Gasteiger partial charge in [0.15, 0.2) is 0 Å². The second-order valence-electron chi connectivity index (χ2n) is 9.08. The van der Waals surface area contributed by atoms with Gasteiger partial charge in [0.05, 0.1) is 10.7 Å². The lowest BCUT2D eigenvalue weighted by atomic mass is 10.1. The summed E-state index contributed by atoms with van der Waals surface area (Å²) in [7, 11) is 0. The first-order valence-corrected chi connectivity index (χ1v) is 14.4. The molecule has 0 bridgehead atoms. The van der Waals surface area contributed by atoms with Gasteiger partial charge in [0.1, 0.15) is 30.3 Å². The molecule has 7 nitrogen and oxygen atoms in total. The van der Waals surface area contributed by atoms with Crippen molar-refractivity contribution in [3.63, 3.8) is 0 Å². The summed E-state index contributed by atoms with van der Waals surface area (Å²) in [6.45, 7) is 0.501. The number of hydrogen-bond donors (Lipinski definition) is 1. The zero-order chi connectivity index (χ0) is 29.8. The fourth-order valence-corrected chi connectivity index (χ4v) is 4.99. The molecular weight excluding hydrogens is 667 g/mol. The molecule has 1 aliphatic heterocycles. The van der Waals surface area contributed by atoms with Crippen LogP contribution in [0.3, 0.4) is 0 Å². The maximum absolute atomic E-state index is 13.3. The van der Waals surface area contributed by atoms with E-state index in [1.165, 1.54) is 18.2 Å². The third-order valence-electron chi connectivity index (χ3n) is 6.18. The van der Waals surface area contributed by atoms with Crippen LogP contribution in [0.15, 0.2) is 95.0 Å². The molecule has 5 rings (SSSR count). The molecule has 1 N–H and O–H groups in total. The number of carbonyl (C=O) groups excluding carboxylic acids is 3. The molecule has 0 aromatic heterocycles. The summed E-state index contributed by atoms with van der Waals surface area (Å²) in [6.07, 6.45) is 1.37. The second-order valence-corrected chi connectivity index (χ2v) is 11.2. The third-order valence-corrected chi connectivity index (χ3v) is 7.59. The van der Waals surface area contributed by atoms with Crippen molar-refractivity contribution in [2.24, 2.45) is 0 Å². The van der Waals surface area contributed by atoms with E-state index in [1.54, 1.807) is 48.5 Å². The standard InChI is InChI=1S/C31H20BrCl3N2O5/c32-21-5-1-18(2-6-21)16-42-28-12-3-19(14-27(28)35)13-25-29(38)36-31(40)37(30(25)39)23-8-10-24(11-9-23)41-17-20-4-7-22(33)15-26(20)34/h1-15H,16-17H2,(H,36,38,40)/b25-13+. The Hall–Kier alpha value is -3.82. The number of barbiturate groups is 1. The van der Waals surface area contributed by atoms with Gasteiger partial charge in [0, 0.05) is 20.1 Å². The van der Waals surface area contributed by atoms with E-state index in [0.717, 1.165) is 20.5 Å². The van der Waals surface area contributed by atoms with E-state index in [1.807, 2.05) is 24.3 Å². The van der Waals surface area contributed by atoms with Crippen molar-refractivity contribution < 1.29 is 23.9 Å². The van der Waals surface area contributed by atoms with Crippen molar-refractivity contribution in [1.29, 1.82) is 0 Å². The number of anilines is 1. The predicted octanol–water partition coefficient (Wildman–Crippen LogP) is 8.23. The molecule has 1 fully saturated rings. The van der Waals surface area contributed by atoms with E-state index >= 15 is 0 Å². The van der Waals surface area contributed by atoms with Crippen LogP contribution in [0, 0.1) is 0 Å². The van der Waals surface area contributed by atoms with Gasteiger partial charge in [-0.15, -0.1) is 0 Å². The fraction of sp³-hybridized carbons (Fsp3) is 0.0645. The number of nitrogens with one attached hydrogen (secondary N) is 1. The minimum absolute atomic E-state index is 0.191. The Morgan fingerprint density at radius 1 is 0.786 bits per heavy atom. The summed E-state index contributed by atoms with van der Waals surface area (Å²) in [5.41, 5.74) is 2.20. The van der Waals surface area contributed by atoms with Crippen LogP contribution in [0.5, 0.6) is 11.5 Å².